The van der Waals surface area contributed by atoms with Crippen LogP contribution in [-0.2, 0) is 0 Å². The Morgan fingerprint density at radius 2 is 1.62 bits per heavy atom. The van der Waals surface area contributed by atoms with Crippen LogP contribution in [0.3, 0.4) is 0 Å². The SMILES string of the molecule is COc1cc(OC)cc(C(=O)NC2CCC(Oc3ncccn3)CC2)c1. The van der Waals surface area contributed by atoms with Crippen molar-refractivity contribution in [3.63, 3.8) is 0 Å². The monoisotopic (exact) mass is 357 g/mol. The molecule has 1 amide bonds. The standard InChI is InChI=1S/C19H23N3O4/c1-24-16-10-13(11-17(12-16)25-2)18(23)22-14-4-6-15(7-5-14)26-19-20-8-3-9-21-19/h3,8-12,14-15H,4-7H2,1-2H3,(H,22,23). The summed E-state index contributed by atoms with van der Waals surface area (Å²) in [6.45, 7) is 0. The summed E-state index contributed by atoms with van der Waals surface area (Å²) < 4.78 is 16.2. The summed E-state index contributed by atoms with van der Waals surface area (Å²) in [4.78, 5) is 20.7. The maximum Gasteiger partial charge on any atom is 0.316 e. The predicted octanol–water partition coefficient (Wildman–Crippen LogP) is 2.61. The number of carbonyl (C=O) groups is 1. The molecule has 1 aliphatic carbocycles. The summed E-state index contributed by atoms with van der Waals surface area (Å²) in [7, 11) is 3.13. The first kappa shape index (κ1) is 18.0. The van der Waals surface area contributed by atoms with Gasteiger partial charge in [-0.1, -0.05) is 0 Å². The molecule has 3 rings (SSSR count). The fourth-order valence-electron chi connectivity index (χ4n) is 3.03. The van der Waals surface area contributed by atoms with Crippen LogP contribution in [0.15, 0.2) is 36.7 Å². The minimum atomic E-state index is -0.127. The highest BCUT2D eigenvalue weighted by molar-refractivity contribution is 5.95. The van der Waals surface area contributed by atoms with E-state index < -0.39 is 0 Å². The van der Waals surface area contributed by atoms with E-state index >= 15 is 0 Å². The van der Waals surface area contributed by atoms with E-state index in [9.17, 15) is 4.79 Å². The molecule has 1 fully saturated rings. The fourth-order valence-corrected chi connectivity index (χ4v) is 3.03. The van der Waals surface area contributed by atoms with Crippen molar-refractivity contribution < 1.29 is 19.0 Å². The van der Waals surface area contributed by atoms with Crippen molar-refractivity contribution in [3.8, 4) is 17.5 Å². The van der Waals surface area contributed by atoms with Crippen LogP contribution in [0, 0.1) is 0 Å². The van der Waals surface area contributed by atoms with Gasteiger partial charge in [0.25, 0.3) is 5.91 Å². The van der Waals surface area contributed by atoms with E-state index in [2.05, 4.69) is 15.3 Å². The number of ether oxygens (including phenoxy) is 3. The number of rotatable bonds is 6. The van der Waals surface area contributed by atoms with Crippen LogP contribution in [0.2, 0.25) is 0 Å². The van der Waals surface area contributed by atoms with Crippen molar-refractivity contribution >= 4 is 5.91 Å². The van der Waals surface area contributed by atoms with Gasteiger partial charge in [-0.15, -0.1) is 0 Å². The van der Waals surface area contributed by atoms with Gasteiger partial charge < -0.3 is 19.5 Å². The van der Waals surface area contributed by atoms with Gasteiger partial charge in [-0.3, -0.25) is 4.79 Å². The minimum Gasteiger partial charge on any atom is -0.497 e. The zero-order valence-electron chi connectivity index (χ0n) is 15.0. The lowest BCUT2D eigenvalue weighted by molar-refractivity contribution is 0.0884. The molecule has 1 aromatic heterocycles. The molecule has 7 nitrogen and oxygen atoms in total. The first-order valence-electron chi connectivity index (χ1n) is 8.65. The van der Waals surface area contributed by atoms with Gasteiger partial charge in [0.2, 0.25) is 0 Å². The van der Waals surface area contributed by atoms with E-state index in [0.29, 0.717) is 23.1 Å². The van der Waals surface area contributed by atoms with Gasteiger partial charge in [0, 0.05) is 30.1 Å². The third kappa shape index (κ3) is 4.62. The first-order valence-corrected chi connectivity index (χ1v) is 8.65. The van der Waals surface area contributed by atoms with Crippen LogP contribution in [-0.4, -0.2) is 42.2 Å². The quantitative estimate of drug-likeness (QED) is 0.856. The van der Waals surface area contributed by atoms with Crippen LogP contribution in [0.1, 0.15) is 36.0 Å². The molecule has 138 valence electrons. The highest BCUT2D eigenvalue weighted by Crippen LogP contribution is 2.25. The molecule has 1 saturated carbocycles. The zero-order valence-corrected chi connectivity index (χ0v) is 15.0. The molecular weight excluding hydrogens is 334 g/mol. The molecule has 0 atom stereocenters. The van der Waals surface area contributed by atoms with Gasteiger partial charge >= 0.3 is 6.01 Å². The normalized spacial score (nSPS) is 19.5. The fraction of sp³-hybridized carbons (Fsp3) is 0.421. The Kier molecular flexibility index (Phi) is 5.88. The van der Waals surface area contributed by atoms with E-state index in [4.69, 9.17) is 14.2 Å². The number of nitrogens with one attached hydrogen (secondary N) is 1. The molecule has 0 bridgehead atoms. The number of amides is 1. The predicted molar refractivity (Wildman–Crippen MR) is 95.7 cm³/mol. The number of nitrogens with zero attached hydrogens (tertiary/aromatic N) is 2. The van der Waals surface area contributed by atoms with Crippen molar-refractivity contribution in [1.82, 2.24) is 15.3 Å². The summed E-state index contributed by atoms with van der Waals surface area (Å²) in [5, 5.41) is 3.09. The van der Waals surface area contributed by atoms with E-state index in [1.165, 1.54) is 0 Å². The average Bonchev–Trinajstić information content (AvgIpc) is 2.69. The van der Waals surface area contributed by atoms with E-state index in [-0.39, 0.29) is 18.1 Å². The molecule has 1 N–H and O–H groups in total. The van der Waals surface area contributed by atoms with Gasteiger partial charge in [-0.2, -0.15) is 0 Å². The molecule has 1 aromatic carbocycles. The molecule has 0 unspecified atom stereocenters. The Bertz CT molecular complexity index is 709. The lowest BCUT2D eigenvalue weighted by Crippen LogP contribution is -2.39. The highest BCUT2D eigenvalue weighted by Gasteiger charge is 2.24. The second-order valence-corrected chi connectivity index (χ2v) is 6.20. The van der Waals surface area contributed by atoms with Crippen molar-refractivity contribution in [2.75, 3.05) is 14.2 Å². The molecule has 0 saturated heterocycles. The smallest absolute Gasteiger partial charge is 0.316 e. The van der Waals surface area contributed by atoms with Gasteiger partial charge in [0.1, 0.15) is 17.6 Å². The molecule has 7 heteroatoms. The molecule has 26 heavy (non-hydrogen) atoms. The van der Waals surface area contributed by atoms with Crippen molar-refractivity contribution in [2.45, 2.75) is 37.8 Å². The molecule has 1 heterocycles. The lowest BCUT2D eigenvalue weighted by atomic mass is 9.92. The molecule has 2 aromatic rings. The maximum absolute atomic E-state index is 12.5. The van der Waals surface area contributed by atoms with Crippen molar-refractivity contribution in [2.24, 2.45) is 0 Å². The maximum atomic E-state index is 12.5. The Balaban J connectivity index is 1.53. The van der Waals surface area contributed by atoms with E-state index in [1.807, 2.05) is 0 Å². The Hall–Kier alpha value is -2.83. The number of hydrogen-bond donors (Lipinski definition) is 1. The molecule has 0 spiro atoms. The van der Waals surface area contributed by atoms with Gasteiger partial charge in [0.15, 0.2) is 0 Å². The second kappa shape index (κ2) is 8.51. The van der Waals surface area contributed by atoms with E-state index in [0.717, 1.165) is 25.7 Å². The highest BCUT2D eigenvalue weighted by atomic mass is 16.5. The van der Waals surface area contributed by atoms with Crippen molar-refractivity contribution in [1.29, 1.82) is 0 Å². The van der Waals surface area contributed by atoms with Crippen LogP contribution in [0.4, 0.5) is 0 Å². The molecule has 1 aliphatic rings. The van der Waals surface area contributed by atoms with E-state index in [1.54, 1.807) is 50.9 Å². The molecule has 0 radical (unpaired) electrons. The molecule has 0 aliphatic heterocycles. The van der Waals surface area contributed by atoms with Crippen LogP contribution in [0.25, 0.3) is 0 Å². The number of methoxy groups -OCH3 is 2. The van der Waals surface area contributed by atoms with Crippen LogP contribution in [0.5, 0.6) is 17.5 Å². The van der Waals surface area contributed by atoms with Crippen molar-refractivity contribution in [3.05, 3.63) is 42.2 Å². The van der Waals surface area contributed by atoms with Crippen LogP contribution < -0.4 is 19.5 Å². The third-order valence-electron chi connectivity index (χ3n) is 4.44. The minimum absolute atomic E-state index is 0.0856. The number of benzene rings is 1. The number of hydrogen-bond acceptors (Lipinski definition) is 6. The zero-order chi connectivity index (χ0) is 18.4. The lowest BCUT2D eigenvalue weighted by Gasteiger charge is -2.28. The van der Waals surface area contributed by atoms with Crippen LogP contribution >= 0.6 is 0 Å². The third-order valence-corrected chi connectivity index (χ3v) is 4.44. The summed E-state index contributed by atoms with van der Waals surface area (Å²) in [6, 6.07) is 7.44. The van der Waals surface area contributed by atoms with Gasteiger partial charge in [0.05, 0.1) is 14.2 Å². The summed E-state index contributed by atoms with van der Waals surface area (Å²) in [5.41, 5.74) is 0.525. The molecular formula is C19H23N3O4. The van der Waals surface area contributed by atoms with Gasteiger partial charge in [-0.05, 0) is 43.9 Å². The van der Waals surface area contributed by atoms with Gasteiger partial charge in [-0.25, -0.2) is 9.97 Å². The second-order valence-electron chi connectivity index (χ2n) is 6.20. The first-order chi connectivity index (χ1) is 12.7. The Morgan fingerprint density at radius 3 is 2.19 bits per heavy atom. The summed E-state index contributed by atoms with van der Waals surface area (Å²) >= 11 is 0. The Labute approximate surface area is 152 Å². The number of aromatic nitrogens is 2. The topological polar surface area (TPSA) is 82.6 Å². The number of carbonyl (C=O) groups excluding carboxylic acids is 1. The summed E-state index contributed by atoms with van der Waals surface area (Å²) in [6.07, 6.45) is 6.82. The summed E-state index contributed by atoms with van der Waals surface area (Å²) in [5.74, 6) is 1.06. The Morgan fingerprint density at radius 1 is 1.00 bits per heavy atom. The largest absolute Gasteiger partial charge is 0.497 e. The average molecular weight is 357 g/mol.